The average molecular weight is 115 g/mol. The predicted molar refractivity (Wildman–Crippen MR) is 36.0 cm³/mol. The van der Waals surface area contributed by atoms with Gasteiger partial charge in [-0.2, -0.15) is 0 Å². The number of rotatable bonds is 4. The van der Waals surface area contributed by atoms with Crippen molar-refractivity contribution in [3.8, 4) is 0 Å². The second-order valence-electron chi connectivity index (χ2n) is 1.90. The van der Waals surface area contributed by atoms with Crippen molar-refractivity contribution in [1.29, 1.82) is 0 Å². The topological polar surface area (TPSA) is 52.0 Å². The molecule has 0 aromatic rings. The Bertz CT molecular complexity index is 45.8. The Morgan fingerprint density at radius 3 is 2.50 bits per heavy atom. The average Bonchev–Trinajstić information content (AvgIpc) is 1.83. The first-order valence-corrected chi connectivity index (χ1v) is 3.11. The molecule has 0 amide bonds. The Hall–Kier alpha value is -0.0800. The van der Waals surface area contributed by atoms with Crippen molar-refractivity contribution in [3.05, 3.63) is 6.04 Å². The van der Waals surface area contributed by atoms with Gasteiger partial charge in [-0.25, -0.2) is 0 Å². The molecule has 49 valence electrons. The van der Waals surface area contributed by atoms with Crippen molar-refractivity contribution in [3.63, 3.8) is 0 Å². The zero-order valence-electron chi connectivity index (χ0n) is 5.48. The van der Waals surface area contributed by atoms with Crippen LogP contribution in [0.4, 0.5) is 0 Å². The summed E-state index contributed by atoms with van der Waals surface area (Å²) in [6, 6.07) is 1.07. The van der Waals surface area contributed by atoms with Crippen LogP contribution in [-0.2, 0) is 0 Å². The number of hydrogen-bond acceptors (Lipinski definition) is 2. The lowest BCUT2D eigenvalue weighted by Crippen LogP contribution is -2.10. The van der Waals surface area contributed by atoms with Crippen molar-refractivity contribution in [2.45, 2.75) is 26.2 Å². The summed E-state index contributed by atoms with van der Waals surface area (Å²) in [6.07, 6.45) is 3.01. The van der Waals surface area contributed by atoms with E-state index < -0.39 is 0 Å². The minimum Gasteiger partial charge on any atom is -0.330 e. The molecule has 0 aliphatic carbocycles. The molecular formula is C6H15N2. The van der Waals surface area contributed by atoms with Gasteiger partial charge in [0.05, 0.1) is 0 Å². The Balaban J connectivity index is 2.86. The summed E-state index contributed by atoms with van der Waals surface area (Å²) in [6.45, 7) is 2.81. The van der Waals surface area contributed by atoms with Gasteiger partial charge in [-0.15, -0.1) is 0 Å². The van der Waals surface area contributed by atoms with Gasteiger partial charge < -0.3 is 11.5 Å². The zero-order valence-corrected chi connectivity index (χ0v) is 5.48. The minimum atomic E-state index is 0.751. The van der Waals surface area contributed by atoms with Gasteiger partial charge in [0.1, 0.15) is 0 Å². The molecular weight excluding hydrogens is 100 g/mol. The summed E-state index contributed by atoms with van der Waals surface area (Å²) in [7, 11) is 0. The maximum absolute atomic E-state index is 5.52. The Labute approximate surface area is 51.2 Å². The Morgan fingerprint density at radius 1 is 1.50 bits per heavy atom. The van der Waals surface area contributed by atoms with Crippen molar-refractivity contribution in [2.24, 2.45) is 11.5 Å². The van der Waals surface area contributed by atoms with Crippen LogP contribution in [-0.4, -0.2) is 6.54 Å². The van der Waals surface area contributed by atoms with Crippen LogP contribution < -0.4 is 11.5 Å². The SMILES string of the molecule is CC[C](N)CCCN. The standard InChI is InChI=1S/C6H15N2/c1-2-6(8)4-3-5-7/h2-5,7-8H2,1H3. The zero-order chi connectivity index (χ0) is 6.41. The van der Waals surface area contributed by atoms with Gasteiger partial charge in [-0.1, -0.05) is 6.92 Å². The van der Waals surface area contributed by atoms with E-state index >= 15 is 0 Å². The van der Waals surface area contributed by atoms with E-state index in [0.717, 1.165) is 31.8 Å². The van der Waals surface area contributed by atoms with Crippen molar-refractivity contribution in [1.82, 2.24) is 0 Å². The quantitative estimate of drug-likeness (QED) is 0.564. The van der Waals surface area contributed by atoms with E-state index in [4.69, 9.17) is 11.5 Å². The molecule has 2 nitrogen and oxygen atoms in total. The molecule has 0 aliphatic rings. The third-order valence-electron chi connectivity index (χ3n) is 1.16. The van der Waals surface area contributed by atoms with E-state index in [-0.39, 0.29) is 0 Å². The molecule has 0 atom stereocenters. The molecule has 0 rings (SSSR count). The highest BCUT2D eigenvalue weighted by Gasteiger charge is 1.96. The van der Waals surface area contributed by atoms with E-state index in [1.165, 1.54) is 0 Å². The van der Waals surface area contributed by atoms with Gasteiger partial charge >= 0.3 is 0 Å². The second-order valence-corrected chi connectivity index (χ2v) is 1.90. The van der Waals surface area contributed by atoms with E-state index in [1.54, 1.807) is 0 Å². The fourth-order valence-corrected chi connectivity index (χ4v) is 0.506. The normalized spacial score (nSPS) is 10.5. The van der Waals surface area contributed by atoms with Crippen LogP contribution in [0, 0.1) is 6.04 Å². The predicted octanol–water partition coefficient (Wildman–Crippen LogP) is 0.626. The molecule has 2 heteroatoms. The van der Waals surface area contributed by atoms with Gasteiger partial charge in [-0.3, -0.25) is 0 Å². The molecule has 4 N–H and O–H groups in total. The van der Waals surface area contributed by atoms with E-state index in [9.17, 15) is 0 Å². The summed E-state index contributed by atoms with van der Waals surface area (Å²) >= 11 is 0. The molecule has 0 aliphatic heterocycles. The third-order valence-corrected chi connectivity index (χ3v) is 1.16. The molecule has 0 heterocycles. The van der Waals surface area contributed by atoms with E-state index in [2.05, 4.69) is 6.92 Å². The van der Waals surface area contributed by atoms with Crippen LogP contribution in [0.3, 0.4) is 0 Å². The van der Waals surface area contributed by atoms with Gasteiger partial charge in [0, 0.05) is 6.04 Å². The largest absolute Gasteiger partial charge is 0.330 e. The highest BCUT2D eigenvalue weighted by molar-refractivity contribution is 4.78. The van der Waals surface area contributed by atoms with Crippen LogP contribution in [0.1, 0.15) is 26.2 Å². The molecule has 0 aromatic heterocycles. The second kappa shape index (κ2) is 5.06. The van der Waals surface area contributed by atoms with Crippen LogP contribution in [0.25, 0.3) is 0 Å². The van der Waals surface area contributed by atoms with Gasteiger partial charge in [0.15, 0.2) is 0 Å². The van der Waals surface area contributed by atoms with E-state index in [1.807, 2.05) is 0 Å². The third kappa shape index (κ3) is 4.09. The Morgan fingerprint density at radius 2 is 2.12 bits per heavy atom. The number of nitrogens with two attached hydrogens (primary N) is 2. The molecule has 0 saturated heterocycles. The first kappa shape index (κ1) is 7.92. The lowest BCUT2D eigenvalue weighted by atomic mass is 10.1. The van der Waals surface area contributed by atoms with E-state index in [0.29, 0.717) is 0 Å². The fourth-order valence-electron chi connectivity index (χ4n) is 0.506. The maximum atomic E-state index is 5.52. The number of hydrogen-bond donors (Lipinski definition) is 2. The van der Waals surface area contributed by atoms with Gasteiger partial charge in [0.25, 0.3) is 0 Å². The molecule has 0 fully saturated rings. The van der Waals surface area contributed by atoms with Crippen molar-refractivity contribution in [2.75, 3.05) is 6.54 Å². The summed E-state index contributed by atoms with van der Waals surface area (Å²) in [4.78, 5) is 0. The lowest BCUT2D eigenvalue weighted by molar-refractivity contribution is 0.697. The summed E-state index contributed by atoms with van der Waals surface area (Å²) in [5, 5.41) is 0. The lowest BCUT2D eigenvalue weighted by Gasteiger charge is -2.03. The summed E-state index contributed by atoms with van der Waals surface area (Å²) < 4.78 is 0. The molecule has 0 aromatic carbocycles. The monoisotopic (exact) mass is 115 g/mol. The van der Waals surface area contributed by atoms with Crippen LogP contribution in [0.2, 0.25) is 0 Å². The van der Waals surface area contributed by atoms with Gasteiger partial charge in [0.2, 0.25) is 0 Å². The minimum absolute atomic E-state index is 0.751. The highest BCUT2D eigenvalue weighted by atomic mass is 14.6. The first-order chi connectivity index (χ1) is 3.81. The molecule has 8 heavy (non-hydrogen) atoms. The van der Waals surface area contributed by atoms with Gasteiger partial charge in [-0.05, 0) is 25.8 Å². The fraction of sp³-hybridized carbons (Fsp3) is 0.833. The Kier molecular flexibility index (Phi) is 5.01. The molecule has 0 spiro atoms. The molecule has 0 saturated carbocycles. The van der Waals surface area contributed by atoms with Crippen LogP contribution in [0.5, 0.6) is 0 Å². The molecule has 1 radical (unpaired) electrons. The summed E-state index contributed by atoms with van der Waals surface area (Å²) in [5.74, 6) is 0. The van der Waals surface area contributed by atoms with Crippen LogP contribution in [0.15, 0.2) is 0 Å². The summed E-state index contributed by atoms with van der Waals surface area (Å²) in [5.41, 5.74) is 10.8. The first-order valence-electron chi connectivity index (χ1n) is 3.11. The molecule has 0 bridgehead atoms. The highest BCUT2D eigenvalue weighted by Crippen LogP contribution is 2.03. The smallest absolute Gasteiger partial charge is 0.0334 e. The van der Waals surface area contributed by atoms with Crippen molar-refractivity contribution < 1.29 is 0 Å². The van der Waals surface area contributed by atoms with Crippen molar-refractivity contribution >= 4 is 0 Å². The van der Waals surface area contributed by atoms with Crippen LogP contribution >= 0.6 is 0 Å². The maximum Gasteiger partial charge on any atom is 0.0334 e. The molecule has 0 unspecified atom stereocenters.